The van der Waals surface area contributed by atoms with Crippen LogP contribution in [-0.2, 0) is 0 Å². The molecule has 0 spiro atoms. The second kappa shape index (κ2) is 15.3. The fourth-order valence-electron chi connectivity index (χ4n) is 9.53. The molecule has 12 aromatic rings. The number of nitrogens with zero attached hydrogens (tertiary/aromatic N) is 2. The highest BCUT2D eigenvalue weighted by atomic mass is 16.3. The van der Waals surface area contributed by atoms with Crippen molar-refractivity contribution in [3.8, 4) is 50.2 Å². The van der Waals surface area contributed by atoms with E-state index < -0.39 is 0 Å². The molecule has 0 atom stereocenters. The molecule has 0 saturated carbocycles. The van der Waals surface area contributed by atoms with Crippen molar-refractivity contribution >= 4 is 60.8 Å². The van der Waals surface area contributed by atoms with Gasteiger partial charge in [-0.25, -0.2) is 0 Å². The molecule has 12 rings (SSSR count). The Labute approximate surface area is 366 Å². The first-order valence-electron chi connectivity index (χ1n) is 21.5. The van der Waals surface area contributed by atoms with E-state index in [0.29, 0.717) is 0 Å². The maximum Gasteiger partial charge on any atom is 0.143 e. The quantitative estimate of drug-likeness (QED) is 0.153. The Kier molecular flexibility index (Phi) is 8.83. The zero-order valence-corrected chi connectivity index (χ0v) is 34.4. The summed E-state index contributed by atoms with van der Waals surface area (Å²) in [5.41, 5.74) is 17.7. The van der Waals surface area contributed by atoms with E-state index in [1.807, 2.05) is 12.1 Å². The Hall–Kier alpha value is -8.40. The van der Waals surface area contributed by atoms with Crippen LogP contribution in [0.2, 0.25) is 0 Å². The van der Waals surface area contributed by atoms with Crippen LogP contribution in [0, 0.1) is 0 Å². The fourth-order valence-corrected chi connectivity index (χ4v) is 9.53. The second-order valence-electron chi connectivity index (χ2n) is 16.0. The molecule has 296 valence electrons. The van der Waals surface area contributed by atoms with E-state index in [4.69, 9.17) is 4.42 Å². The van der Waals surface area contributed by atoms with Crippen molar-refractivity contribution in [2.24, 2.45) is 0 Å². The van der Waals surface area contributed by atoms with E-state index in [1.165, 1.54) is 21.8 Å². The molecule has 0 aliphatic rings. The lowest BCUT2D eigenvalue weighted by atomic mass is 9.97. The molecule has 63 heavy (non-hydrogen) atoms. The third kappa shape index (κ3) is 6.21. The minimum absolute atomic E-state index is 0.909. The van der Waals surface area contributed by atoms with Crippen LogP contribution in [0.3, 0.4) is 0 Å². The number of fused-ring (bicyclic) bond motifs is 6. The summed E-state index contributed by atoms with van der Waals surface area (Å²) in [5.74, 6) is 0. The van der Waals surface area contributed by atoms with E-state index in [-0.39, 0.29) is 0 Å². The highest BCUT2D eigenvalue weighted by molar-refractivity contribution is 6.11. The maximum absolute atomic E-state index is 6.39. The molecule has 10 aromatic carbocycles. The Morgan fingerprint density at radius 2 is 0.778 bits per heavy atom. The number of para-hydroxylation sites is 7. The Balaban J connectivity index is 0.987. The predicted octanol–water partition coefficient (Wildman–Crippen LogP) is 16.8. The minimum Gasteiger partial charge on any atom is -0.455 e. The van der Waals surface area contributed by atoms with Gasteiger partial charge in [-0.15, -0.1) is 0 Å². The lowest BCUT2D eigenvalue weighted by Crippen LogP contribution is -2.12. The van der Waals surface area contributed by atoms with E-state index in [9.17, 15) is 0 Å². The zero-order valence-electron chi connectivity index (χ0n) is 34.4. The Bertz CT molecular complexity index is 3560. The van der Waals surface area contributed by atoms with Gasteiger partial charge in [0.15, 0.2) is 0 Å². The van der Waals surface area contributed by atoms with Crippen LogP contribution in [-0.4, -0.2) is 4.57 Å². The summed E-state index contributed by atoms with van der Waals surface area (Å²) in [4.78, 5) is 2.43. The molecule has 0 saturated heterocycles. The molecule has 0 aliphatic carbocycles. The van der Waals surface area contributed by atoms with Gasteiger partial charge in [-0.05, 0) is 70.8 Å². The highest BCUT2D eigenvalue weighted by Crippen LogP contribution is 2.47. The van der Waals surface area contributed by atoms with Crippen LogP contribution in [0.1, 0.15) is 0 Å². The topological polar surface area (TPSA) is 21.3 Å². The van der Waals surface area contributed by atoms with Gasteiger partial charge in [-0.3, -0.25) is 0 Å². The van der Waals surface area contributed by atoms with E-state index in [2.05, 4.69) is 240 Å². The van der Waals surface area contributed by atoms with E-state index >= 15 is 0 Å². The van der Waals surface area contributed by atoms with Gasteiger partial charge < -0.3 is 13.9 Å². The fraction of sp³-hybridized carbons (Fsp3) is 0. The Morgan fingerprint density at radius 1 is 0.302 bits per heavy atom. The third-order valence-corrected chi connectivity index (χ3v) is 12.4. The van der Waals surface area contributed by atoms with Gasteiger partial charge in [0.05, 0.1) is 28.1 Å². The summed E-state index contributed by atoms with van der Waals surface area (Å²) >= 11 is 0. The van der Waals surface area contributed by atoms with Crippen molar-refractivity contribution < 1.29 is 4.42 Å². The molecule has 3 heteroatoms. The van der Waals surface area contributed by atoms with Crippen LogP contribution in [0.4, 0.5) is 17.1 Å². The number of aromatic nitrogens is 1. The van der Waals surface area contributed by atoms with Crippen LogP contribution < -0.4 is 4.90 Å². The van der Waals surface area contributed by atoms with Gasteiger partial charge >= 0.3 is 0 Å². The molecule has 0 fully saturated rings. The lowest BCUT2D eigenvalue weighted by Gasteiger charge is -2.30. The van der Waals surface area contributed by atoms with Crippen molar-refractivity contribution in [2.75, 3.05) is 4.90 Å². The molecule has 0 bridgehead atoms. The third-order valence-electron chi connectivity index (χ3n) is 12.4. The average Bonchev–Trinajstić information content (AvgIpc) is 3.91. The van der Waals surface area contributed by atoms with Crippen molar-refractivity contribution in [2.45, 2.75) is 0 Å². The first-order chi connectivity index (χ1) is 31.3. The number of hydrogen-bond acceptors (Lipinski definition) is 2. The number of benzene rings is 10. The molecule has 0 unspecified atom stereocenters. The summed E-state index contributed by atoms with van der Waals surface area (Å²) < 4.78 is 8.81. The number of rotatable bonds is 8. The molecular weight excluding hydrogens is 765 g/mol. The summed E-state index contributed by atoms with van der Waals surface area (Å²) in [6, 6.07) is 87.1. The van der Waals surface area contributed by atoms with Crippen molar-refractivity contribution in [1.82, 2.24) is 4.57 Å². The van der Waals surface area contributed by atoms with Crippen LogP contribution in [0.5, 0.6) is 0 Å². The molecule has 0 radical (unpaired) electrons. The average molecular weight is 805 g/mol. The zero-order chi connectivity index (χ0) is 41.7. The van der Waals surface area contributed by atoms with Gasteiger partial charge in [0, 0.05) is 49.5 Å². The smallest absolute Gasteiger partial charge is 0.143 e. The van der Waals surface area contributed by atoms with Crippen molar-refractivity contribution in [1.29, 1.82) is 0 Å². The van der Waals surface area contributed by atoms with Crippen LogP contribution in [0.25, 0.3) is 93.9 Å². The number of furan rings is 1. The molecule has 0 amide bonds. The second-order valence-corrected chi connectivity index (χ2v) is 16.0. The van der Waals surface area contributed by atoms with Gasteiger partial charge in [0.1, 0.15) is 11.2 Å². The summed E-state index contributed by atoms with van der Waals surface area (Å²) in [5, 5.41) is 4.76. The lowest BCUT2D eigenvalue weighted by molar-refractivity contribution is 0.670. The summed E-state index contributed by atoms with van der Waals surface area (Å²) in [6.07, 6.45) is 0. The molecule has 0 N–H and O–H groups in total. The SMILES string of the molecule is c1ccc(-c2ccccc2N(c2ccc(-c3ccc(-c4cccc5c4oc4ccccc45)cc3)cc2)c2ccccc2-c2ccccc2-n2c3ccccc3c3ccccc32)cc1. The summed E-state index contributed by atoms with van der Waals surface area (Å²) in [6.45, 7) is 0. The molecule has 2 heterocycles. The van der Waals surface area contributed by atoms with Crippen molar-refractivity contribution in [3.63, 3.8) is 0 Å². The standard InChI is InChI=1S/C60H40N2O/c1-2-17-43(18-3-1)46-19-4-10-27-54(46)61(45-39-37-42(38-40-45)41-33-35-44(36-34-41)47-25-16-26-53-52-24-9-15-32-59(52)63-60(47)53)55-28-11-5-20-48(55)49-21-6-12-29-56(49)62-57-30-13-7-22-50(57)51-23-8-14-31-58(51)62/h1-40H. The normalized spacial score (nSPS) is 11.5. The highest BCUT2D eigenvalue weighted by Gasteiger charge is 2.23. The van der Waals surface area contributed by atoms with Crippen LogP contribution >= 0.6 is 0 Å². The largest absolute Gasteiger partial charge is 0.455 e. The first-order valence-corrected chi connectivity index (χ1v) is 21.5. The molecule has 0 aliphatic heterocycles. The van der Waals surface area contributed by atoms with E-state index in [0.717, 1.165) is 89.2 Å². The first kappa shape index (κ1) is 36.5. The Morgan fingerprint density at radius 3 is 1.49 bits per heavy atom. The molecular formula is C60H40N2O. The molecule has 2 aromatic heterocycles. The summed E-state index contributed by atoms with van der Waals surface area (Å²) in [7, 11) is 0. The van der Waals surface area contributed by atoms with Gasteiger partial charge in [-0.2, -0.15) is 0 Å². The number of hydrogen-bond donors (Lipinski definition) is 0. The molecule has 3 nitrogen and oxygen atoms in total. The van der Waals surface area contributed by atoms with Crippen LogP contribution in [0.15, 0.2) is 247 Å². The van der Waals surface area contributed by atoms with E-state index in [1.54, 1.807) is 0 Å². The minimum atomic E-state index is 0.909. The van der Waals surface area contributed by atoms with Gasteiger partial charge in [-0.1, -0.05) is 194 Å². The maximum atomic E-state index is 6.39. The van der Waals surface area contributed by atoms with Crippen molar-refractivity contribution in [3.05, 3.63) is 243 Å². The van der Waals surface area contributed by atoms with Gasteiger partial charge in [0.2, 0.25) is 0 Å². The van der Waals surface area contributed by atoms with Gasteiger partial charge in [0.25, 0.3) is 0 Å². The monoisotopic (exact) mass is 804 g/mol. The number of anilines is 3. The predicted molar refractivity (Wildman–Crippen MR) is 264 cm³/mol.